The molecule has 1 rings (SSSR count). The summed E-state index contributed by atoms with van der Waals surface area (Å²) in [6, 6.07) is 10.4. The second kappa shape index (κ2) is 8.05. The molecule has 20 heavy (non-hydrogen) atoms. The molecule has 0 saturated heterocycles. The molecule has 3 nitrogen and oxygen atoms in total. The first-order valence-corrected chi connectivity index (χ1v) is 7.47. The Labute approximate surface area is 122 Å². The highest BCUT2D eigenvalue weighted by Gasteiger charge is 2.25. The molecular formula is C17H28N2O. The Morgan fingerprint density at radius 3 is 2.45 bits per heavy atom. The molecule has 0 aliphatic carbocycles. The van der Waals surface area contributed by atoms with E-state index in [1.165, 1.54) is 5.56 Å². The van der Waals surface area contributed by atoms with Crippen LogP contribution in [0.2, 0.25) is 0 Å². The molecule has 0 heterocycles. The molecule has 1 aromatic rings. The van der Waals surface area contributed by atoms with Crippen LogP contribution in [0.25, 0.3) is 0 Å². The van der Waals surface area contributed by atoms with Crippen molar-refractivity contribution in [2.45, 2.75) is 52.5 Å². The van der Waals surface area contributed by atoms with Gasteiger partial charge in [0.1, 0.15) is 0 Å². The first-order chi connectivity index (χ1) is 9.43. The number of amides is 1. The molecular weight excluding hydrogens is 248 g/mol. The van der Waals surface area contributed by atoms with E-state index in [0.29, 0.717) is 13.0 Å². The third kappa shape index (κ3) is 6.20. The summed E-state index contributed by atoms with van der Waals surface area (Å²) in [6.07, 6.45) is 3.24. The van der Waals surface area contributed by atoms with Gasteiger partial charge in [0.15, 0.2) is 0 Å². The predicted molar refractivity (Wildman–Crippen MR) is 84.4 cm³/mol. The van der Waals surface area contributed by atoms with Gasteiger partial charge in [0.05, 0.1) is 0 Å². The number of nitrogens with two attached hydrogens (primary N) is 1. The van der Waals surface area contributed by atoms with Gasteiger partial charge in [-0.05, 0) is 36.8 Å². The average Bonchev–Trinajstić information content (AvgIpc) is 2.38. The zero-order chi connectivity index (χ0) is 15.0. The second-order valence-electron chi connectivity index (χ2n) is 6.40. The lowest BCUT2D eigenvalue weighted by Crippen LogP contribution is -2.44. The Morgan fingerprint density at radius 1 is 1.25 bits per heavy atom. The van der Waals surface area contributed by atoms with Crippen molar-refractivity contribution < 1.29 is 4.79 Å². The van der Waals surface area contributed by atoms with Crippen LogP contribution in [0.15, 0.2) is 30.3 Å². The SMILES string of the molecule is CC(C)(C)C(CCN)NC(=O)CCCc1ccccc1. The highest BCUT2D eigenvalue weighted by Crippen LogP contribution is 2.21. The van der Waals surface area contributed by atoms with Crippen LogP contribution in [0.5, 0.6) is 0 Å². The van der Waals surface area contributed by atoms with Crippen LogP contribution < -0.4 is 11.1 Å². The molecule has 1 atom stereocenters. The van der Waals surface area contributed by atoms with Crippen LogP contribution in [-0.4, -0.2) is 18.5 Å². The lowest BCUT2D eigenvalue weighted by molar-refractivity contribution is -0.122. The number of hydrogen-bond acceptors (Lipinski definition) is 2. The molecule has 0 bridgehead atoms. The third-order valence-electron chi connectivity index (χ3n) is 3.55. The van der Waals surface area contributed by atoms with Crippen molar-refractivity contribution in [1.29, 1.82) is 0 Å². The summed E-state index contributed by atoms with van der Waals surface area (Å²) in [5.74, 6) is 0.134. The number of rotatable bonds is 7. The van der Waals surface area contributed by atoms with Gasteiger partial charge in [0.25, 0.3) is 0 Å². The summed E-state index contributed by atoms with van der Waals surface area (Å²) in [4.78, 5) is 12.0. The van der Waals surface area contributed by atoms with Crippen LogP contribution in [0.1, 0.15) is 45.6 Å². The summed E-state index contributed by atoms with van der Waals surface area (Å²) < 4.78 is 0. The van der Waals surface area contributed by atoms with Gasteiger partial charge >= 0.3 is 0 Å². The molecule has 1 aromatic carbocycles. The fraction of sp³-hybridized carbons (Fsp3) is 0.588. The maximum absolute atomic E-state index is 12.0. The average molecular weight is 276 g/mol. The van der Waals surface area contributed by atoms with E-state index in [9.17, 15) is 4.79 Å². The number of carbonyl (C=O) groups is 1. The van der Waals surface area contributed by atoms with Crippen LogP contribution >= 0.6 is 0 Å². The summed E-state index contributed by atoms with van der Waals surface area (Å²) in [6.45, 7) is 7.01. The minimum atomic E-state index is 0.0501. The standard InChI is InChI=1S/C17H28N2O/c1-17(2,3)15(12-13-18)19-16(20)11-7-10-14-8-5-4-6-9-14/h4-6,8-9,15H,7,10-13,18H2,1-3H3,(H,19,20). The highest BCUT2D eigenvalue weighted by atomic mass is 16.1. The zero-order valence-corrected chi connectivity index (χ0v) is 13.0. The molecule has 0 aliphatic heterocycles. The molecule has 0 fully saturated rings. The van der Waals surface area contributed by atoms with Crippen molar-refractivity contribution >= 4 is 5.91 Å². The van der Waals surface area contributed by atoms with Crippen LogP contribution in [0.4, 0.5) is 0 Å². The van der Waals surface area contributed by atoms with E-state index in [0.717, 1.165) is 19.3 Å². The van der Waals surface area contributed by atoms with Gasteiger partial charge in [0, 0.05) is 12.5 Å². The van der Waals surface area contributed by atoms with E-state index in [1.54, 1.807) is 0 Å². The fourth-order valence-corrected chi connectivity index (χ4v) is 2.25. The van der Waals surface area contributed by atoms with Crippen LogP contribution in [0, 0.1) is 5.41 Å². The fourth-order valence-electron chi connectivity index (χ4n) is 2.25. The summed E-state index contributed by atoms with van der Waals surface area (Å²) in [5, 5.41) is 3.13. The summed E-state index contributed by atoms with van der Waals surface area (Å²) in [7, 11) is 0. The first-order valence-electron chi connectivity index (χ1n) is 7.47. The highest BCUT2D eigenvalue weighted by molar-refractivity contribution is 5.76. The molecule has 0 aromatic heterocycles. The van der Waals surface area contributed by atoms with Crippen LogP contribution in [0.3, 0.4) is 0 Å². The van der Waals surface area contributed by atoms with E-state index >= 15 is 0 Å². The minimum absolute atomic E-state index is 0.0501. The number of aryl methyl sites for hydroxylation is 1. The van der Waals surface area contributed by atoms with Gasteiger partial charge in [-0.2, -0.15) is 0 Å². The molecule has 0 aliphatic rings. The topological polar surface area (TPSA) is 55.1 Å². The molecule has 1 amide bonds. The quantitative estimate of drug-likeness (QED) is 0.804. The number of nitrogens with one attached hydrogen (secondary N) is 1. The van der Waals surface area contributed by atoms with Crippen molar-refractivity contribution in [2.75, 3.05) is 6.54 Å². The van der Waals surface area contributed by atoms with E-state index in [1.807, 2.05) is 18.2 Å². The Hall–Kier alpha value is -1.35. The van der Waals surface area contributed by atoms with Gasteiger partial charge in [-0.25, -0.2) is 0 Å². The second-order valence-corrected chi connectivity index (χ2v) is 6.40. The van der Waals surface area contributed by atoms with E-state index < -0.39 is 0 Å². The van der Waals surface area contributed by atoms with Crippen molar-refractivity contribution in [1.82, 2.24) is 5.32 Å². The van der Waals surface area contributed by atoms with Gasteiger partial charge in [-0.3, -0.25) is 4.79 Å². The lowest BCUT2D eigenvalue weighted by atomic mass is 9.84. The van der Waals surface area contributed by atoms with E-state index in [-0.39, 0.29) is 17.4 Å². The van der Waals surface area contributed by atoms with Gasteiger partial charge in [0.2, 0.25) is 5.91 Å². The minimum Gasteiger partial charge on any atom is -0.353 e. The van der Waals surface area contributed by atoms with Crippen molar-refractivity contribution in [3.8, 4) is 0 Å². The van der Waals surface area contributed by atoms with Crippen molar-refractivity contribution in [2.24, 2.45) is 11.1 Å². The molecule has 1 unspecified atom stereocenters. The Morgan fingerprint density at radius 2 is 1.90 bits per heavy atom. The molecule has 0 radical (unpaired) electrons. The number of benzene rings is 1. The normalized spacial score (nSPS) is 13.0. The summed E-state index contributed by atoms with van der Waals surface area (Å²) >= 11 is 0. The monoisotopic (exact) mass is 276 g/mol. The van der Waals surface area contributed by atoms with Crippen LogP contribution in [-0.2, 0) is 11.2 Å². The Bertz CT molecular complexity index is 395. The van der Waals surface area contributed by atoms with Gasteiger partial charge in [-0.15, -0.1) is 0 Å². The Balaban J connectivity index is 2.35. The molecule has 0 saturated carbocycles. The third-order valence-corrected chi connectivity index (χ3v) is 3.55. The van der Waals surface area contributed by atoms with E-state index in [4.69, 9.17) is 5.73 Å². The number of carbonyl (C=O) groups excluding carboxylic acids is 1. The van der Waals surface area contributed by atoms with Crippen molar-refractivity contribution in [3.05, 3.63) is 35.9 Å². The maximum atomic E-state index is 12.0. The summed E-state index contributed by atoms with van der Waals surface area (Å²) in [5.41, 5.74) is 6.96. The molecule has 0 spiro atoms. The van der Waals surface area contributed by atoms with E-state index in [2.05, 4.69) is 38.2 Å². The molecule has 112 valence electrons. The lowest BCUT2D eigenvalue weighted by Gasteiger charge is -2.31. The Kier molecular flexibility index (Phi) is 6.73. The van der Waals surface area contributed by atoms with Crippen molar-refractivity contribution in [3.63, 3.8) is 0 Å². The molecule has 3 N–H and O–H groups in total. The zero-order valence-electron chi connectivity index (χ0n) is 13.0. The number of hydrogen-bond donors (Lipinski definition) is 2. The first kappa shape index (κ1) is 16.7. The largest absolute Gasteiger partial charge is 0.353 e. The maximum Gasteiger partial charge on any atom is 0.220 e. The van der Waals surface area contributed by atoms with Gasteiger partial charge in [-0.1, -0.05) is 51.1 Å². The van der Waals surface area contributed by atoms with Gasteiger partial charge < -0.3 is 11.1 Å². The predicted octanol–water partition coefficient (Wildman–Crippen LogP) is 2.89. The molecule has 3 heteroatoms. The smallest absolute Gasteiger partial charge is 0.220 e.